The van der Waals surface area contributed by atoms with Gasteiger partial charge >= 0.3 is 0 Å². The van der Waals surface area contributed by atoms with Crippen LogP contribution in [0.1, 0.15) is 6.92 Å². The second-order valence-corrected chi connectivity index (χ2v) is 5.04. The van der Waals surface area contributed by atoms with Gasteiger partial charge in [0.1, 0.15) is 11.1 Å². The van der Waals surface area contributed by atoms with Gasteiger partial charge in [-0.05, 0) is 6.92 Å². The minimum absolute atomic E-state index is 0.0163. The van der Waals surface area contributed by atoms with Crippen molar-refractivity contribution in [3.05, 3.63) is 46.6 Å². The number of rotatable bonds is 4. The Kier molecular flexibility index (Phi) is 4.04. The fourth-order valence-corrected chi connectivity index (χ4v) is 2.52. The van der Waals surface area contributed by atoms with Crippen molar-refractivity contribution in [1.82, 2.24) is 0 Å². The third-order valence-electron chi connectivity index (χ3n) is 3.59. The van der Waals surface area contributed by atoms with Gasteiger partial charge in [0.25, 0.3) is 0 Å². The number of hydrogen-bond acceptors (Lipinski definition) is 6. The fourth-order valence-electron chi connectivity index (χ4n) is 2.52. The Morgan fingerprint density at radius 1 is 1.08 bits per heavy atom. The Hall–Kier alpha value is -3.15. The van der Waals surface area contributed by atoms with E-state index in [1.54, 1.807) is 19.1 Å². The van der Waals surface area contributed by atoms with Crippen LogP contribution >= 0.6 is 0 Å². The number of hydrogen-bond donors (Lipinski definition) is 2. The molecule has 0 saturated heterocycles. The molecule has 2 aromatic carbocycles. The Bertz CT molecular complexity index is 943. The predicted molar refractivity (Wildman–Crippen MR) is 89.0 cm³/mol. The maximum atomic E-state index is 12.5. The van der Waals surface area contributed by atoms with Gasteiger partial charge < -0.3 is 24.1 Å². The van der Waals surface area contributed by atoms with Gasteiger partial charge in [-0.2, -0.15) is 0 Å². The summed E-state index contributed by atoms with van der Waals surface area (Å²) in [6.07, 6.45) is 0. The molecular weight excluding hydrogens is 312 g/mol. The molecular formula is C18H16O6. The summed E-state index contributed by atoms with van der Waals surface area (Å²) in [5.74, 6) is -0.849. The first kappa shape index (κ1) is 15.7. The van der Waals surface area contributed by atoms with Crippen LogP contribution in [0.25, 0.3) is 22.3 Å². The van der Waals surface area contributed by atoms with E-state index in [1.807, 2.05) is 18.2 Å². The highest BCUT2D eigenvalue weighted by atomic mass is 16.5. The SMILES string of the molecule is CCOc1c(O)c(O)c2c(=O)cc(-c3ccccc3)oc2c1OC. The van der Waals surface area contributed by atoms with Crippen LogP contribution in [0.4, 0.5) is 0 Å². The molecule has 0 aliphatic carbocycles. The first-order valence-corrected chi connectivity index (χ1v) is 7.36. The smallest absolute Gasteiger partial charge is 0.211 e. The largest absolute Gasteiger partial charge is 0.504 e. The lowest BCUT2D eigenvalue weighted by atomic mass is 10.1. The molecule has 0 aliphatic rings. The Labute approximate surface area is 137 Å². The van der Waals surface area contributed by atoms with Gasteiger partial charge in [0.05, 0.1) is 13.7 Å². The average molecular weight is 328 g/mol. The topological polar surface area (TPSA) is 89.1 Å². The van der Waals surface area contributed by atoms with Crippen molar-refractivity contribution in [1.29, 1.82) is 0 Å². The molecule has 6 heteroatoms. The molecule has 0 amide bonds. The maximum Gasteiger partial charge on any atom is 0.211 e. The highest BCUT2D eigenvalue weighted by Crippen LogP contribution is 2.49. The summed E-state index contributed by atoms with van der Waals surface area (Å²) in [5, 5.41) is 20.1. The molecule has 0 spiro atoms. The summed E-state index contributed by atoms with van der Waals surface area (Å²) in [7, 11) is 1.36. The zero-order valence-corrected chi connectivity index (χ0v) is 13.2. The van der Waals surface area contributed by atoms with Crippen molar-refractivity contribution in [2.24, 2.45) is 0 Å². The zero-order chi connectivity index (χ0) is 17.3. The summed E-state index contributed by atoms with van der Waals surface area (Å²) in [5.41, 5.74) is 0.218. The maximum absolute atomic E-state index is 12.5. The molecule has 0 saturated carbocycles. The van der Waals surface area contributed by atoms with Crippen molar-refractivity contribution >= 4 is 11.0 Å². The van der Waals surface area contributed by atoms with Crippen molar-refractivity contribution in [3.8, 4) is 34.3 Å². The second-order valence-electron chi connectivity index (χ2n) is 5.04. The van der Waals surface area contributed by atoms with Crippen molar-refractivity contribution in [2.75, 3.05) is 13.7 Å². The van der Waals surface area contributed by atoms with Gasteiger partial charge in [-0.3, -0.25) is 4.79 Å². The van der Waals surface area contributed by atoms with E-state index in [1.165, 1.54) is 13.2 Å². The molecule has 3 rings (SSSR count). The molecule has 1 heterocycles. The van der Waals surface area contributed by atoms with Crippen molar-refractivity contribution < 1.29 is 24.1 Å². The number of benzene rings is 2. The van der Waals surface area contributed by atoms with Crippen LogP contribution in [0, 0.1) is 0 Å². The summed E-state index contributed by atoms with van der Waals surface area (Å²) < 4.78 is 16.4. The molecule has 2 N–H and O–H groups in total. The molecule has 0 bridgehead atoms. The van der Waals surface area contributed by atoms with Gasteiger partial charge in [-0.1, -0.05) is 30.3 Å². The van der Waals surface area contributed by atoms with E-state index >= 15 is 0 Å². The lowest BCUT2D eigenvalue weighted by Gasteiger charge is -2.15. The van der Waals surface area contributed by atoms with Crippen molar-refractivity contribution in [3.63, 3.8) is 0 Å². The van der Waals surface area contributed by atoms with Gasteiger partial charge in [0.15, 0.2) is 16.8 Å². The number of fused-ring (bicyclic) bond motifs is 1. The lowest BCUT2D eigenvalue weighted by molar-refractivity contribution is 0.286. The minimum Gasteiger partial charge on any atom is -0.504 e. The Balaban J connectivity index is 2.41. The molecule has 124 valence electrons. The summed E-state index contributed by atoms with van der Waals surface area (Å²) >= 11 is 0. The normalized spacial score (nSPS) is 10.8. The van der Waals surface area contributed by atoms with Gasteiger partial charge in [0.2, 0.25) is 17.2 Å². The predicted octanol–water partition coefficient (Wildman–Crippen LogP) is 3.28. The second kappa shape index (κ2) is 6.16. The Morgan fingerprint density at radius 3 is 2.42 bits per heavy atom. The summed E-state index contributed by atoms with van der Waals surface area (Å²) in [6.45, 7) is 1.95. The average Bonchev–Trinajstić information content (AvgIpc) is 2.60. The van der Waals surface area contributed by atoms with Crippen LogP contribution < -0.4 is 14.9 Å². The Morgan fingerprint density at radius 2 is 1.79 bits per heavy atom. The molecule has 24 heavy (non-hydrogen) atoms. The van der Waals surface area contributed by atoms with E-state index < -0.39 is 16.9 Å². The third kappa shape index (κ3) is 2.42. The number of phenols is 2. The van der Waals surface area contributed by atoms with Crippen molar-refractivity contribution in [2.45, 2.75) is 6.92 Å². The summed E-state index contributed by atoms with van der Waals surface area (Å²) in [6, 6.07) is 10.3. The van der Waals surface area contributed by atoms with Crippen LogP contribution in [0.3, 0.4) is 0 Å². The van der Waals surface area contributed by atoms with E-state index in [4.69, 9.17) is 13.9 Å². The molecule has 6 nitrogen and oxygen atoms in total. The van der Waals surface area contributed by atoms with Crippen LogP contribution in [-0.2, 0) is 0 Å². The van der Waals surface area contributed by atoms with Crippen LogP contribution in [0.15, 0.2) is 45.6 Å². The number of phenolic OH excluding ortho intramolecular Hbond substituents is 2. The molecule has 0 unspecified atom stereocenters. The molecule has 1 aromatic heterocycles. The molecule has 0 radical (unpaired) electrons. The molecule has 0 fully saturated rings. The van der Waals surface area contributed by atoms with Gasteiger partial charge in [0, 0.05) is 11.6 Å². The van der Waals surface area contributed by atoms with Crippen LogP contribution in [0.5, 0.6) is 23.0 Å². The quantitative estimate of drug-likeness (QED) is 0.715. The van der Waals surface area contributed by atoms with Gasteiger partial charge in [-0.25, -0.2) is 0 Å². The number of methoxy groups -OCH3 is 1. The van der Waals surface area contributed by atoms with E-state index in [2.05, 4.69) is 0 Å². The fraction of sp³-hybridized carbons (Fsp3) is 0.167. The molecule has 3 aromatic rings. The molecule has 0 aliphatic heterocycles. The van der Waals surface area contributed by atoms with Gasteiger partial charge in [-0.15, -0.1) is 0 Å². The summed E-state index contributed by atoms with van der Waals surface area (Å²) in [4.78, 5) is 12.5. The van der Waals surface area contributed by atoms with E-state index in [9.17, 15) is 15.0 Å². The van der Waals surface area contributed by atoms with E-state index in [0.29, 0.717) is 11.3 Å². The highest BCUT2D eigenvalue weighted by Gasteiger charge is 2.25. The zero-order valence-electron chi connectivity index (χ0n) is 13.2. The highest BCUT2D eigenvalue weighted by molar-refractivity contribution is 5.95. The van der Waals surface area contributed by atoms with Crippen LogP contribution in [0.2, 0.25) is 0 Å². The monoisotopic (exact) mass is 328 g/mol. The number of ether oxygens (including phenoxy) is 2. The standard InChI is InChI=1S/C18H16O6/c1-3-23-17-15(21)14(20)13-11(19)9-12(10-7-5-4-6-8-10)24-16(13)18(17)22-2/h4-9,20-21H,3H2,1-2H3. The van der Waals surface area contributed by atoms with E-state index in [0.717, 1.165) is 0 Å². The first-order valence-electron chi connectivity index (χ1n) is 7.36. The van der Waals surface area contributed by atoms with Crippen LogP contribution in [-0.4, -0.2) is 23.9 Å². The lowest BCUT2D eigenvalue weighted by Crippen LogP contribution is -2.04. The molecule has 0 atom stereocenters. The minimum atomic E-state index is -0.595. The first-order chi connectivity index (χ1) is 11.6. The third-order valence-corrected chi connectivity index (χ3v) is 3.59. The number of aromatic hydroxyl groups is 2. The van der Waals surface area contributed by atoms with E-state index in [-0.39, 0.29) is 29.1 Å².